The van der Waals surface area contributed by atoms with Crippen molar-refractivity contribution in [1.82, 2.24) is 4.90 Å². The highest BCUT2D eigenvalue weighted by atomic mass is 19.4. The van der Waals surface area contributed by atoms with Crippen molar-refractivity contribution in [1.29, 1.82) is 0 Å². The van der Waals surface area contributed by atoms with E-state index in [0.29, 0.717) is 23.0 Å². The van der Waals surface area contributed by atoms with Crippen LogP contribution in [-0.4, -0.2) is 41.8 Å². The Morgan fingerprint density at radius 2 is 1.00 bits per heavy atom. The van der Waals surface area contributed by atoms with Crippen LogP contribution >= 0.6 is 0 Å². The molecule has 0 radical (unpaired) electrons. The largest absolute Gasteiger partial charge is 0.457 e. The first kappa shape index (κ1) is 32.3. The Kier molecular flexibility index (Phi) is 7.58. The van der Waals surface area contributed by atoms with E-state index >= 15 is 0 Å². The number of hydrogen-bond acceptors (Lipinski definition) is 6. The summed E-state index contributed by atoms with van der Waals surface area (Å²) < 4.78 is 56.9. The summed E-state index contributed by atoms with van der Waals surface area (Å²) >= 11 is 0. The number of halogens is 3. The van der Waals surface area contributed by atoms with Crippen LogP contribution < -0.4 is 14.4 Å². The van der Waals surface area contributed by atoms with Gasteiger partial charge in [-0.3, -0.25) is 24.1 Å². The maximum absolute atomic E-state index is 15.0. The lowest BCUT2D eigenvalue weighted by Gasteiger charge is -2.33. The van der Waals surface area contributed by atoms with Gasteiger partial charge in [0.15, 0.2) is 0 Å². The first-order valence-corrected chi connectivity index (χ1v) is 15.5. The fourth-order valence-electron chi connectivity index (χ4n) is 6.19. The molecule has 50 heavy (non-hydrogen) atoms. The Bertz CT molecular complexity index is 2270. The molecule has 2 aliphatic rings. The zero-order valence-corrected chi connectivity index (χ0v) is 26.9. The van der Waals surface area contributed by atoms with E-state index in [-0.39, 0.29) is 39.1 Å². The second kappa shape index (κ2) is 11.7. The number of imide groups is 2. The zero-order chi connectivity index (χ0) is 35.5. The van der Waals surface area contributed by atoms with Gasteiger partial charge in [-0.2, -0.15) is 13.2 Å². The van der Waals surface area contributed by atoms with Crippen molar-refractivity contribution in [3.63, 3.8) is 0 Å². The van der Waals surface area contributed by atoms with E-state index < -0.39 is 35.2 Å². The van der Waals surface area contributed by atoms with Gasteiger partial charge in [-0.15, -0.1) is 0 Å². The third kappa shape index (κ3) is 5.27. The Morgan fingerprint density at radius 3 is 1.58 bits per heavy atom. The normalized spacial score (nSPS) is 15.2. The molecule has 1 unspecified atom stereocenters. The molecule has 0 spiro atoms. The van der Waals surface area contributed by atoms with Gasteiger partial charge in [-0.1, -0.05) is 36.4 Å². The standard InChI is InChI=1S/C39H27F3N2O6/c1-22-7-4-9-26(17-22)49-28-11-6-12-29(21-28)50-27-10-5-8-25(20-27)44-36(47)31-16-14-24(19-33(31)37(44)48)38(2,39(40,41)42)23-13-15-30-32(18-23)35(46)43(3)34(30)45/h4-21H,1-3H3. The SMILES string of the molecule is Cc1cccc(Oc2cccc(Oc3cccc(N4C(=O)c5ccc(C(C)(c6ccc7c(c6)C(=O)N(C)C7=O)C(F)(F)F)cc5C4=O)c3)c2)c1. The van der Waals surface area contributed by atoms with Crippen LogP contribution in [0.1, 0.15) is 65.0 Å². The van der Waals surface area contributed by atoms with Crippen molar-refractivity contribution in [2.75, 3.05) is 11.9 Å². The van der Waals surface area contributed by atoms with Gasteiger partial charge >= 0.3 is 6.18 Å². The number of rotatable bonds is 7. The molecule has 0 saturated heterocycles. The molecular weight excluding hydrogens is 649 g/mol. The molecule has 2 heterocycles. The van der Waals surface area contributed by atoms with E-state index in [4.69, 9.17) is 9.47 Å². The minimum Gasteiger partial charge on any atom is -0.457 e. The fourth-order valence-corrected chi connectivity index (χ4v) is 6.19. The molecule has 2 aliphatic heterocycles. The molecule has 1 atom stereocenters. The minimum absolute atomic E-state index is 0.00523. The summed E-state index contributed by atoms with van der Waals surface area (Å²) in [6.45, 7) is 2.89. The number of alkyl halides is 3. The summed E-state index contributed by atoms with van der Waals surface area (Å²) in [5.41, 5.74) is -2.53. The molecule has 0 fully saturated rings. The Balaban J connectivity index is 1.18. The van der Waals surface area contributed by atoms with E-state index in [2.05, 4.69) is 0 Å². The summed E-state index contributed by atoms with van der Waals surface area (Å²) in [5.74, 6) is -0.932. The number of anilines is 1. The summed E-state index contributed by atoms with van der Waals surface area (Å²) in [6.07, 6.45) is -4.90. The van der Waals surface area contributed by atoms with Crippen molar-refractivity contribution in [3.8, 4) is 23.0 Å². The van der Waals surface area contributed by atoms with Crippen LogP contribution in [0, 0.1) is 6.92 Å². The molecule has 7 rings (SSSR count). The van der Waals surface area contributed by atoms with Crippen LogP contribution in [0.5, 0.6) is 23.0 Å². The highest BCUT2D eigenvalue weighted by molar-refractivity contribution is 6.34. The number of hydrogen-bond donors (Lipinski definition) is 0. The Labute approximate surface area is 284 Å². The number of nitrogens with zero attached hydrogens (tertiary/aromatic N) is 2. The molecule has 5 aromatic carbocycles. The smallest absolute Gasteiger partial charge is 0.402 e. The van der Waals surface area contributed by atoms with E-state index in [0.717, 1.165) is 46.6 Å². The van der Waals surface area contributed by atoms with Crippen molar-refractivity contribution in [3.05, 3.63) is 148 Å². The Hall–Kier alpha value is -6.23. The van der Waals surface area contributed by atoms with Gasteiger partial charge in [0, 0.05) is 19.2 Å². The molecule has 4 amide bonds. The quantitative estimate of drug-likeness (QED) is 0.161. The molecule has 8 nitrogen and oxygen atoms in total. The number of amides is 4. The number of carbonyl (C=O) groups is 4. The monoisotopic (exact) mass is 676 g/mol. The third-order valence-electron chi connectivity index (χ3n) is 9.04. The molecule has 0 bridgehead atoms. The van der Waals surface area contributed by atoms with Gasteiger partial charge in [0.05, 0.1) is 27.9 Å². The maximum Gasteiger partial charge on any atom is 0.402 e. The molecule has 0 aliphatic carbocycles. The molecule has 0 aromatic heterocycles. The van der Waals surface area contributed by atoms with Crippen molar-refractivity contribution >= 4 is 29.3 Å². The lowest BCUT2D eigenvalue weighted by Crippen LogP contribution is -2.41. The van der Waals surface area contributed by atoms with Gasteiger partial charge in [0.1, 0.15) is 28.4 Å². The second-order valence-corrected chi connectivity index (χ2v) is 12.3. The van der Waals surface area contributed by atoms with E-state index in [1.54, 1.807) is 36.4 Å². The summed E-state index contributed by atoms with van der Waals surface area (Å²) in [5, 5.41) is 0. The summed E-state index contributed by atoms with van der Waals surface area (Å²) in [4.78, 5) is 54.0. The Morgan fingerprint density at radius 1 is 0.540 bits per heavy atom. The summed E-state index contributed by atoms with van der Waals surface area (Å²) in [7, 11) is 1.25. The average Bonchev–Trinajstić information content (AvgIpc) is 3.46. The van der Waals surface area contributed by atoms with Crippen LogP contribution in [-0.2, 0) is 5.41 Å². The second-order valence-electron chi connectivity index (χ2n) is 12.3. The molecular formula is C39H27F3N2O6. The lowest BCUT2D eigenvalue weighted by molar-refractivity contribution is -0.173. The number of fused-ring (bicyclic) bond motifs is 2. The number of ether oxygens (including phenoxy) is 2. The van der Waals surface area contributed by atoms with Crippen molar-refractivity contribution in [2.24, 2.45) is 0 Å². The van der Waals surface area contributed by atoms with E-state index in [9.17, 15) is 32.3 Å². The van der Waals surface area contributed by atoms with Crippen LogP contribution in [0.3, 0.4) is 0 Å². The molecule has 5 aromatic rings. The van der Waals surface area contributed by atoms with E-state index in [1.807, 2.05) is 31.2 Å². The van der Waals surface area contributed by atoms with Crippen LogP contribution in [0.15, 0.2) is 109 Å². The lowest BCUT2D eigenvalue weighted by atomic mass is 9.74. The van der Waals surface area contributed by atoms with Crippen LogP contribution in [0.2, 0.25) is 0 Å². The van der Waals surface area contributed by atoms with Gasteiger partial charge in [-0.05, 0) is 91.2 Å². The van der Waals surface area contributed by atoms with Gasteiger partial charge in [0.25, 0.3) is 23.6 Å². The number of carbonyl (C=O) groups excluding carboxylic acids is 4. The fraction of sp³-hybridized carbons (Fsp3) is 0.128. The highest BCUT2D eigenvalue weighted by Gasteiger charge is 2.55. The third-order valence-corrected chi connectivity index (χ3v) is 9.04. The molecule has 0 saturated carbocycles. The highest BCUT2D eigenvalue weighted by Crippen LogP contribution is 2.48. The molecule has 250 valence electrons. The van der Waals surface area contributed by atoms with Crippen LogP contribution in [0.4, 0.5) is 18.9 Å². The molecule has 11 heteroatoms. The minimum atomic E-state index is -4.90. The van der Waals surface area contributed by atoms with Gasteiger partial charge < -0.3 is 9.47 Å². The summed E-state index contributed by atoms with van der Waals surface area (Å²) in [6, 6.07) is 27.5. The van der Waals surface area contributed by atoms with Crippen LogP contribution in [0.25, 0.3) is 0 Å². The topological polar surface area (TPSA) is 93.2 Å². The van der Waals surface area contributed by atoms with Gasteiger partial charge in [-0.25, -0.2) is 4.90 Å². The number of aryl methyl sites for hydroxylation is 1. The van der Waals surface area contributed by atoms with Gasteiger partial charge in [0.2, 0.25) is 0 Å². The molecule has 0 N–H and O–H groups in total. The van der Waals surface area contributed by atoms with E-state index in [1.165, 1.54) is 31.3 Å². The number of benzene rings is 5. The predicted octanol–water partition coefficient (Wildman–Crippen LogP) is 8.47. The average molecular weight is 677 g/mol. The first-order valence-electron chi connectivity index (χ1n) is 15.5. The predicted molar refractivity (Wildman–Crippen MR) is 177 cm³/mol. The zero-order valence-electron chi connectivity index (χ0n) is 26.9. The maximum atomic E-state index is 15.0. The first-order chi connectivity index (χ1) is 23.8. The van der Waals surface area contributed by atoms with Crippen molar-refractivity contribution < 1.29 is 41.8 Å². The van der Waals surface area contributed by atoms with Crippen molar-refractivity contribution in [2.45, 2.75) is 25.4 Å².